The SMILES string of the molecule is Cc1nn(-c2ccc(F)cc2)c(C)c1C(=O)N1CCN(CC(=O)NC2CC2)CC1. The molecular formula is C21H26FN5O2. The van der Waals surface area contributed by atoms with Gasteiger partial charge in [0.1, 0.15) is 5.82 Å². The van der Waals surface area contributed by atoms with Gasteiger partial charge >= 0.3 is 0 Å². The van der Waals surface area contributed by atoms with Crippen LogP contribution in [0, 0.1) is 19.7 Å². The molecule has 0 spiro atoms. The first-order chi connectivity index (χ1) is 13.9. The Hall–Kier alpha value is -2.74. The van der Waals surface area contributed by atoms with E-state index in [9.17, 15) is 14.0 Å². The number of benzene rings is 1. The summed E-state index contributed by atoms with van der Waals surface area (Å²) in [6, 6.07) is 6.43. The van der Waals surface area contributed by atoms with Gasteiger partial charge in [-0.15, -0.1) is 0 Å². The topological polar surface area (TPSA) is 70.5 Å². The highest BCUT2D eigenvalue weighted by Gasteiger charge is 2.29. The summed E-state index contributed by atoms with van der Waals surface area (Å²) in [6.45, 7) is 6.57. The lowest BCUT2D eigenvalue weighted by molar-refractivity contribution is -0.122. The van der Waals surface area contributed by atoms with Crippen molar-refractivity contribution in [3.8, 4) is 5.69 Å². The summed E-state index contributed by atoms with van der Waals surface area (Å²) in [7, 11) is 0. The molecule has 29 heavy (non-hydrogen) atoms. The monoisotopic (exact) mass is 399 g/mol. The first kappa shape index (κ1) is 19.6. The number of piperazine rings is 1. The lowest BCUT2D eigenvalue weighted by Crippen LogP contribution is -2.51. The van der Waals surface area contributed by atoms with Gasteiger partial charge in [-0.05, 0) is 51.0 Å². The average molecular weight is 399 g/mol. The lowest BCUT2D eigenvalue weighted by atomic mass is 10.1. The van der Waals surface area contributed by atoms with Crippen LogP contribution >= 0.6 is 0 Å². The van der Waals surface area contributed by atoms with Gasteiger partial charge < -0.3 is 10.2 Å². The van der Waals surface area contributed by atoms with E-state index in [0.29, 0.717) is 50.0 Å². The number of nitrogens with zero attached hydrogens (tertiary/aromatic N) is 4. The van der Waals surface area contributed by atoms with E-state index in [2.05, 4.69) is 15.3 Å². The second-order valence-corrected chi connectivity index (χ2v) is 7.84. The zero-order chi connectivity index (χ0) is 20.5. The minimum Gasteiger partial charge on any atom is -0.352 e. The molecule has 2 fully saturated rings. The maximum atomic E-state index is 13.2. The first-order valence-corrected chi connectivity index (χ1v) is 10.1. The van der Waals surface area contributed by atoms with E-state index >= 15 is 0 Å². The van der Waals surface area contributed by atoms with Gasteiger partial charge in [0.05, 0.1) is 29.2 Å². The van der Waals surface area contributed by atoms with Crippen LogP contribution in [0.1, 0.15) is 34.6 Å². The Labute approximate surface area is 169 Å². The maximum Gasteiger partial charge on any atom is 0.257 e. The summed E-state index contributed by atoms with van der Waals surface area (Å²) in [5.74, 6) is -0.287. The van der Waals surface area contributed by atoms with Crippen molar-refractivity contribution in [1.29, 1.82) is 0 Å². The fraction of sp³-hybridized carbons (Fsp3) is 0.476. The van der Waals surface area contributed by atoms with Gasteiger partial charge in [0.2, 0.25) is 5.91 Å². The summed E-state index contributed by atoms with van der Waals surface area (Å²) in [6.07, 6.45) is 2.16. The van der Waals surface area contributed by atoms with E-state index < -0.39 is 0 Å². The Morgan fingerprint density at radius 2 is 1.76 bits per heavy atom. The number of aryl methyl sites for hydroxylation is 1. The molecule has 1 aromatic carbocycles. The van der Waals surface area contributed by atoms with Crippen molar-refractivity contribution in [3.63, 3.8) is 0 Å². The maximum absolute atomic E-state index is 13.2. The molecule has 1 N–H and O–H groups in total. The Bertz CT molecular complexity index is 912. The molecule has 1 aliphatic carbocycles. The quantitative estimate of drug-likeness (QED) is 0.830. The van der Waals surface area contributed by atoms with E-state index in [1.165, 1.54) is 12.1 Å². The Morgan fingerprint density at radius 1 is 1.10 bits per heavy atom. The highest BCUT2D eigenvalue weighted by Crippen LogP contribution is 2.21. The smallest absolute Gasteiger partial charge is 0.257 e. The molecule has 2 heterocycles. The Morgan fingerprint density at radius 3 is 2.38 bits per heavy atom. The molecule has 0 radical (unpaired) electrons. The lowest BCUT2D eigenvalue weighted by Gasteiger charge is -2.34. The van der Waals surface area contributed by atoms with Crippen molar-refractivity contribution in [1.82, 2.24) is 24.9 Å². The van der Waals surface area contributed by atoms with Crippen molar-refractivity contribution in [2.45, 2.75) is 32.7 Å². The molecule has 2 aromatic rings. The number of amides is 2. The molecule has 154 valence electrons. The molecule has 0 unspecified atom stereocenters. The zero-order valence-corrected chi connectivity index (χ0v) is 16.8. The van der Waals surface area contributed by atoms with Crippen LogP contribution in [-0.2, 0) is 4.79 Å². The highest BCUT2D eigenvalue weighted by molar-refractivity contribution is 5.96. The second kappa shape index (κ2) is 7.94. The summed E-state index contributed by atoms with van der Waals surface area (Å²) in [4.78, 5) is 29.0. The molecule has 2 aliphatic rings. The number of carbonyl (C=O) groups is 2. The largest absolute Gasteiger partial charge is 0.352 e. The number of nitrogens with one attached hydrogen (secondary N) is 1. The third-order valence-corrected chi connectivity index (χ3v) is 5.55. The van der Waals surface area contributed by atoms with Gasteiger partial charge in [0.15, 0.2) is 0 Å². The normalized spacial score (nSPS) is 17.4. The number of hydrogen-bond acceptors (Lipinski definition) is 4. The van der Waals surface area contributed by atoms with Crippen LogP contribution in [0.15, 0.2) is 24.3 Å². The summed E-state index contributed by atoms with van der Waals surface area (Å²) >= 11 is 0. The van der Waals surface area contributed by atoms with Crippen LogP contribution in [0.5, 0.6) is 0 Å². The standard InChI is InChI=1S/C21H26FN5O2/c1-14-20(15(2)27(24-14)18-7-3-16(22)4-8-18)21(29)26-11-9-25(10-12-26)13-19(28)23-17-5-6-17/h3-4,7-8,17H,5-6,9-13H2,1-2H3,(H,23,28). The highest BCUT2D eigenvalue weighted by atomic mass is 19.1. The molecule has 1 saturated heterocycles. The van der Waals surface area contributed by atoms with E-state index in [-0.39, 0.29) is 17.6 Å². The van der Waals surface area contributed by atoms with E-state index in [4.69, 9.17) is 0 Å². The number of aromatic nitrogens is 2. The predicted molar refractivity (Wildman–Crippen MR) is 107 cm³/mol. The Kier molecular flexibility index (Phi) is 5.36. The number of rotatable bonds is 5. The van der Waals surface area contributed by atoms with Gasteiger partial charge in [-0.2, -0.15) is 5.10 Å². The van der Waals surface area contributed by atoms with Crippen molar-refractivity contribution >= 4 is 11.8 Å². The average Bonchev–Trinajstić information content (AvgIpc) is 3.46. The second-order valence-electron chi connectivity index (χ2n) is 7.84. The van der Waals surface area contributed by atoms with Crippen LogP contribution in [0.4, 0.5) is 4.39 Å². The third kappa shape index (κ3) is 4.32. The fourth-order valence-corrected chi connectivity index (χ4v) is 3.76. The Balaban J connectivity index is 1.41. The molecule has 2 amide bonds. The fourth-order valence-electron chi connectivity index (χ4n) is 3.76. The molecular weight excluding hydrogens is 373 g/mol. The first-order valence-electron chi connectivity index (χ1n) is 10.1. The van der Waals surface area contributed by atoms with Gasteiger partial charge in [0, 0.05) is 32.2 Å². The van der Waals surface area contributed by atoms with Crippen molar-refractivity contribution in [2.75, 3.05) is 32.7 Å². The summed E-state index contributed by atoms with van der Waals surface area (Å²) in [5.41, 5.74) is 2.71. The molecule has 1 aromatic heterocycles. The molecule has 0 atom stereocenters. The van der Waals surface area contributed by atoms with Gasteiger partial charge in [-0.25, -0.2) is 9.07 Å². The molecule has 8 heteroatoms. The molecule has 1 aliphatic heterocycles. The molecule has 7 nitrogen and oxygen atoms in total. The molecule has 1 saturated carbocycles. The van der Waals surface area contributed by atoms with E-state index in [0.717, 1.165) is 24.2 Å². The summed E-state index contributed by atoms with van der Waals surface area (Å²) in [5, 5.41) is 7.50. The zero-order valence-electron chi connectivity index (χ0n) is 16.8. The van der Waals surface area contributed by atoms with Crippen LogP contribution in [0.25, 0.3) is 5.69 Å². The van der Waals surface area contributed by atoms with Crippen LogP contribution in [0.2, 0.25) is 0 Å². The third-order valence-electron chi connectivity index (χ3n) is 5.55. The molecule has 0 bridgehead atoms. The van der Waals surface area contributed by atoms with E-state index in [1.807, 2.05) is 18.7 Å². The van der Waals surface area contributed by atoms with Crippen molar-refractivity contribution in [2.24, 2.45) is 0 Å². The minimum absolute atomic E-state index is 0.0459. The van der Waals surface area contributed by atoms with Crippen LogP contribution in [-0.4, -0.2) is 70.2 Å². The van der Waals surface area contributed by atoms with E-state index in [1.54, 1.807) is 16.8 Å². The summed E-state index contributed by atoms with van der Waals surface area (Å²) < 4.78 is 14.9. The minimum atomic E-state index is -0.310. The number of carbonyl (C=O) groups excluding carboxylic acids is 2. The number of halogens is 1. The predicted octanol–water partition coefficient (Wildman–Crippen LogP) is 1.66. The van der Waals surface area contributed by atoms with Crippen LogP contribution < -0.4 is 5.32 Å². The van der Waals surface area contributed by atoms with Crippen molar-refractivity contribution < 1.29 is 14.0 Å². The van der Waals surface area contributed by atoms with Crippen molar-refractivity contribution in [3.05, 3.63) is 47.0 Å². The van der Waals surface area contributed by atoms with Gasteiger partial charge in [-0.3, -0.25) is 14.5 Å². The van der Waals surface area contributed by atoms with Gasteiger partial charge in [-0.1, -0.05) is 0 Å². The van der Waals surface area contributed by atoms with Gasteiger partial charge in [0.25, 0.3) is 5.91 Å². The molecule has 4 rings (SSSR count). The van der Waals surface area contributed by atoms with Crippen LogP contribution in [0.3, 0.4) is 0 Å². The number of hydrogen-bond donors (Lipinski definition) is 1.